The Balaban J connectivity index is 1.86. The molecule has 2 nitrogen and oxygen atoms in total. The molecule has 1 N–H and O–H groups in total. The lowest BCUT2D eigenvalue weighted by atomic mass is 10.1. The molecule has 0 aromatic heterocycles. The molecule has 1 unspecified atom stereocenters. The lowest BCUT2D eigenvalue weighted by molar-refractivity contribution is 0.00556. The molecule has 1 atom stereocenters. The average Bonchev–Trinajstić information content (AvgIpc) is 2.67. The highest BCUT2D eigenvalue weighted by molar-refractivity contribution is 5.48. The summed E-state index contributed by atoms with van der Waals surface area (Å²) in [4.78, 5) is 0. The van der Waals surface area contributed by atoms with Crippen molar-refractivity contribution in [3.8, 4) is 5.75 Å². The second-order valence-corrected chi connectivity index (χ2v) is 4.58. The van der Waals surface area contributed by atoms with Crippen molar-refractivity contribution in [1.82, 2.24) is 0 Å². The van der Waals surface area contributed by atoms with Crippen LogP contribution in [-0.4, -0.2) is 19.6 Å². The van der Waals surface area contributed by atoms with Crippen LogP contribution in [0, 0.1) is 5.92 Å². The molecular weight excluding hydrogens is 224 g/mol. The smallest absolute Gasteiger partial charge is 0.248 e. The predicted octanol–water partition coefficient (Wildman–Crippen LogP) is 3.54. The fourth-order valence-corrected chi connectivity index (χ4v) is 2.21. The van der Waals surface area contributed by atoms with Crippen molar-refractivity contribution in [2.24, 2.45) is 5.92 Å². The van der Waals surface area contributed by atoms with Gasteiger partial charge in [-0.15, -0.1) is 0 Å². The molecular formula is C13H17F2NO. The summed E-state index contributed by atoms with van der Waals surface area (Å²) in [5, 5.41) is 3.19. The molecule has 1 aromatic rings. The Kier molecular flexibility index (Phi) is 3.50. The van der Waals surface area contributed by atoms with Gasteiger partial charge in [-0.1, -0.05) is 6.07 Å². The molecule has 4 heteroatoms. The molecule has 1 fully saturated rings. The van der Waals surface area contributed by atoms with Crippen LogP contribution < -0.4 is 10.1 Å². The van der Waals surface area contributed by atoms with E-state index in [0.29, 0.717) is 13.0 Å². The van der Waals surface area contributed by atoms with Gasteiger partial charge < -0.3 is 10.1 Å². The van der Waals surface area contributed by atoms with Gasteiger partial charge in [0.1, 0.15) is 5.75 Å². The van der Waals surface area contributed by atoms with Crippen molar-refractivity contribution >= 4 is 5.69 Å². The number of anilines is 1. The van der Waals surface area contributed by atoms with Gasteiger partial charge in [0.2, 0.25) is 5.92 Å². The number of nitrogens with one attached hydrogen (secondary N) is 1. The molecule has 0 aliphatic heterocycles. The van der Waals surface area contributed by atoms with Crippen LogP contribution in [0.15, 0.2) is 24.3 Å². The summed E-state index contributed by atoms with van der Waals surface area (Å²) >= 11 is 0. The van der Waals surface area contributed by atoms with E-state index in [0.717, 1.165) is 11.4 Å². The van der Waals surface area contributed by atoms with Crippen molar-refractivity contribution in [1.29, 1.82) is 0 Å². The molecule has 0 bridgehead atoms. The first-order valence-corrected chi connectivity index (χ1v) is 5.85. The van der Waals surface area contributed by atoms with Crippen LogP contribution in [0.3, 0.4) is 0 Å². The molecule has 0 saturated heterocycles. The Morgan fingerprint density at radius 3 is 2.94 bits per heavy atom. The molecule has 1 aliphatic carbocycles. The molecule has 1 aromatic carbocycles. The number of hydrogen-bond acceptors (Lipinski definition) is 2. The predicted molar refractivity (Wildman–Crippen MR) is 63.8 cm³/mol. The number of alkyl halides is 2. The van der Waals surface area contributed by atoms with E-state index in [1.165, 1.54) is 0 Å². The van der Waals surface area contributed by atoms with E-state index in [9.17, 15) is 8.78 Å². The highest BCUT2D eigenvalue weighted by Gasteiger charge is 2.38. The fraction of sp³-hybridized carbons (Fsp3) is 0.538. The molecule has 0 radical (unpaired) electrons. The van der Waals surface area contributed by atoms with Crippen molar-refractivity contribution in [2.75, 3.05) is 19.0 Å². The third-order valence-corrected chi connectivity index (χ3v) is 3.17. The number of halogens is 2. The summed E-state index contributed by atoms with van der Waals surface area (Å²) in [6.45, 7) is 0.600. The van der Waals surface area contributed by atoms with Crippen molar-refractivity contribution < 1.29 is 13.5 Å². The number of ether oxygens (including phenoxy) is 1. The van der Waals surface area contributed by atoms with Crippen LogP contribution in [0.2, 0.25) is 0 Å². The van der Waals surface area contributed by atoms with Gasteiger partial charge in [0.25, 0.3) is 0 Å². The van der Waals surface area contributed by atoms with Crippen molar-refractivity contribution in [3.63, 3.8) is 0 Å². The number of methoxy groups -OCH3 is 1. The zero-order chi connectivity index (χ0) is 12.3. The molecule has 0 spiro atoms. The van der Waals surface area contributed by atoms with Crippen LogP contribution >= 0.6 is 0 Å². The van der Waals surface area contributed by atoms with Crippen molar-refractivity contribution in [3.05, 3.63) is 24.3 Å². The van der Waals surface area contributed by atoms with Crippen LogP contribution in [0.25, 0.3) is 0 Å². The van der Waals surface area contributed by atoms with E-state index in [2.05, 4.69) is 5.32 Å². The first-order valence-electron chi connectivity index (χ1n) is 5.85. The second kappa shape index (κ2) is 4.90. The minimum Gasteiger partial charge on any atom is -0.497 e. The first-order chi connectivity index (χ1) is 8.09. The van der Waals surface area contributed by atoms with Crippen LogP contribution in [-0.2, 0) is 0 Å². The molecule has 1 saturated carbocycles. The van der Waals surface area contributed by atoms with Gasteiger partial charge in [-0.2, -0.15) is 0 Å². The molecule has 0 heterocycles. The van der Waals surface area contributed by atoms with E-state index in [1.807, 2.05) is 24.3 Å². The summed E-state index contributed by atoms with van der Waals surface area (Å²) < 4.78 is 31.1. The second-order valence-electron chi connectivity index (χ2n) is 4.58. The maximum absolute atomic E-state index is 13.0. The third-order valence-electron chi connectivity index (χ3n) is 3.17. The summed E-state index contributed by atoms with van der Waals surface area (Å²) in [6.07, 6.45) is 0.630. The van der Waals surface area contributed by atoms with Crippen LogP contribution in [0.5, 0.6) is 5.75 Å². The van der Waals surface area contributed by atoms with Gasteiger partial charge in [-0.3, -0.25) is 0 Å². The lowest BCUT2D eigenvalue weighted by Crippen LogP contribution is -2.15. The van der Waals surface area contributed by atoms with E-state index in [1.54, 1.807) is 7.11 Å². The standard InChI is InChI=1S/C13H17F2NO/c1-17-12-4-2-3-11(7-12)16-9-10-5-6-13(14,15)8-10/h2-4,7,10,16H,5-6,8-9H2,1H3. The summed E-state index contributed by atoms with van der Waals surface area (Å²) in [5.74, 6) is -1.62. The summed E-state index contributed by atoms with van der Waals surface area (Å²) in [7, 11) is 1.61. The Bertz CT molecular complexity index is 381. The molecule has 2 rings (SSSR count). The summed E-state index contributed by atoms with van der Waals surface area (Å²) in [5.41, 5.74) is 0.916. The SMILES string of the molecule is COc1cccc(NCC2CCC(F)(F)C2)c1. The van der Waals surface area contributed by atoms with Gasteiger partial charge in [0, 0.05) is 31.1 Å². The Morgan fingerprint density at radius 1 is 1.47 bits per heavy atom. The third kappa shape index (κ3) is 3.32. The Labute approximate surface area is 100.0 Å². The maximum Gasteiger partial charge on any atom is 0.248 e. The van der Waals surface area contributed by atoms with Crippen LogP contribution in [0.1, 0.15) is 19.3 Å². The van der Waals surface area contributed by atoms with Gasteiger partial charge in [0.15, 0.2) is 0 Å². The monoisotopic (exact) mass is 241 g/mol. The molecule has 94 valence electrons. The molecule has 1 aliphatic rings. The molecule has 0 amide bonds. The normalized spacial score (nSPS) is 22.4. The topological polar surface area (TPSA) is 21.3 Å². The minimum atomic E-state index is -2.46. The zero-order valence-electron chi connectivity index (χ0n) is 9.88. The van der Waals surface area contributed by atoms with E-state index < -0.39 is 5.92 Å². The van der Waals surface area contributed by atoms with E-state index in [-0.39, 0.29) is 18.8 Å². The van der Waals surface area contributed by atoms with Gasteiger partial charge in [-0.05, 0) is 24.5 Å². The van der Waals surface area contributed by atoms with Gasteiger partial charge in [0.05, 0.1) is 7.11 Å². The number of benzene rings is 1. The quantitative estimate of drug-likeness (QED) is 0.870. The maximum atomic E-state index is 13.0. The van der Waals surface area contributed by atoms with Gasteiger partial charge in [-0.25, -0.2) is 8.78 Å². The largest absolute Gasteiger partial charge is 0.497 e. The Morgan fingerprint density at radius 2 is 2.29 bits per heavy atom. The Hall–Kier alpha value is -1.32. The molecule has 17 heavy (non-hydrogen) atoms. The lowest BCUT2D eigenvalue weighted by Gasteiger charge is -2.13. The highest BCUT2D eigenvalue weighted by Crippen LogP contribution is 2.38. The van der Waals surface area contributed by atoms with E-state index in [4.69, 9.17) is 4.74 Å². The highest BCUT2D eigenvalue weighted by atomic mass is 19.3. The first kappa shape index (κ1) is 12.1. The van der Waals surface area contributed by atoms with Crippen molar-refractivity contribution in [2.45, 2.75) is 25.2 Å². The van der Waals surface area contributed by atoms with Gasteiger partial charge >= 0.3 is 0 Å². The number of hydrogen-bond donors (Lipinski definition) is 1. The summed E-state index contributed by atoms with van der Waals surface area (Å²) in [6, 6.07) is 7.52. The zero-order valence-corrected chi connectivity index (χ0v) is 9.88. The number of rotatable bonds is 4. The average molecular weight is 241 g/mol. The van der Waals surface area contributed by atoms with E-state index >= 15 is 0 Å². The van der Waals surface area contributed by atoms with Crippen LogP contribution in [0.4, 0.5) is 14.5 Å². The minimum absolute atomic E-state index is 0.00394. The fourth-order valence-electron chi connectivity index (χ4n) is 2.21.